The Balaban J connectivity index is 2.70. The van der Waals surface area contributed by atoms with Gasteiger partial charge in [-0.1, -0.05) is 31.9 Å². The van der Waals surface area contributed by atoms with E-state index in [9.17, 15) is 9.59 Å². The number of nitrogens with zero attached hydrogens (tertiary/aromatic N) is 1. The minimum absolute atomic E-state index is 0.0716. The largest absolute Gasteiger partial charge is 0.315 e. The van der Waals surface area contributed by atoms with Gasteiger partial charge >= 0.3 is 0 Å². The molecule has 3 nitrogen and oxygen atoms in total. The predicted octanol–water partition coefficient (Wildman–Crippen LogP) is 2.77. The Kier molecular flexibility index (Phi) is 5.15. The van der Waals surface area contributed by atoms with E-state index in [1.165, 1.54) is 4.90 Å². The summed E-state index contributed by atoms with van der Waals surface area (Å²) in [5.41, 5.74) is 0.774. The van der Waals surface area contributed by atoms with Gasteiger partial charge in [0.1, 0.15) is 0 Å². The van der Waals surface area contributed by atoms with Crippen molar-refractivity contribution in [3.63, 3.8) is 0 Å². The smallest absolute Gasteiger partial charge is 0.234 e. The Morgan fingerprint density at radius 3 is 2.31 bits per heavy atom. The molecule has 86 valence electrons. The van der Waals surface area contributed by atoms with Crippen molar-refractivity contribution in [1.29, 1.82) is 0 Å². The van der Waals surface area contributed by atoms with Crippen LogP contribution in [0.5, 0.6) is 0 Å². The lowest BCUT2D eigenvalue weighted by molar-refractivity contribution is -0.125. The minimum Gasteiger partial charge on any atom is -0.315 e. The summed E-state index contributed by atoms with van der Waals surface area (Å²) in [6.45, 7) is 0. The van der Waals surface area contributed by atoms with E-state index in [0.717, 1.165) is 10.2 Å². The minimum atomic E-state index is -0.202. The summed E-state index contributed by atoms with van der Waals surface area (Å²) in [5.74, 6) is -0.319. The first-order valence-electron chi connectivity index (χ1n) is 4.64. The maximum atomic E-state index is 11.7. The first-order valence-corrected chi connectivity index (χ1v) is 6.56. The lowest BCUT2D eigenvalue weighted by Gasteiger charge is -2.16. The van der Waals surface area contributed by atoms with Crippen molar-refractivity contribution in [2.75, 3.05) is 17.3 Å². The average molecular weight is 349 g/mol. The summed E-state index contributed by atoms with van der Waals surface area (Å²) in [5, 5.41) is 0.215. The van der Waals surface area contributed by atoms with Gasteiger partial charge in [-0.25, -0.2) is 0 Å². The number of hydrogen-bond donors (Lipinski definition) is 0. The number of hydrogen-bond acceptors (Lipinski definition) is 2. The zero-order valence-corrected chi connectivity index (χ0v) is 11.9. The van der Waals surface area contributed by atoms with E-state index in [1.54, 1.807) is 7.05 Å². The van der Waals surface area contributed by atoms with E-state index in [1.807, 2.05) is 24.3 Å². The van der Waals surface area contributed by atoms with Crippen LogP contribution in [-0.4, -0.2) is 24.1 Å². The van der Waals surface area contributed by atoms with Gasteiger partial charge in [0, 0.05) is 17.2 Å². The predicted molar refractivity (Wildman–Crippen MR) is 71.0 cm³/mol. The molecule has 0 atom stereocenters. The van der Waals surface area contributed by atoms with E-state index in [-0.39, 0.29) is 23.4 Å². The van der Waals surface area contributed by atoms with Crippen molar-refractivity contribution < 1.29 is 9.59 Å². The lowest BCUT2D eigenvalue weighted by atomic mass is 10.2. The van der Waals surface area contributed by atoms with Crippen LogP contribution >= 0.6 is 31.9 Å². The van der Waals surface area contributed by atoms with Crippen LogP contribution in [0, 0.1) is 0 Å². The van der Waals surface area contributed by atoms with Crippen molar-refractivity contribution >= 4 is 49.2 Å². The molecule has 1 aromatic carbocycles. The van der Waals surface area contributed by atoms with Crippen LogP contribution in [0.25, 0.3) is 0 Å². The van der Waals surface area contributed by atoms with Gasteiger partial charge in [-0.2, -0.15) is 0 Å². The molecule has 0 saturated carbocycles. The SMILES string of the molecule is CN(C(=O)CC(=O)CBr)c1ccc(Br)cc1. The Labute approximate surface area is 111 Å². The Morgan fingerprint density at radius 1 is 1.25 bits per heavy atom. The molecule has 1 rings (SSSR count). The Morgan fingerprint density at radius 2 is 1.81 bits per heavy atom. The zero-order valence-electron chi connectivity index (χ0n) is 8.74. The maximum absolute atomic E-state index is 11.7. The summed E-state index contributed by atoms with van der Waals surface area (Å²) in [6, 6.07) is 7.35. The molecule has 5 heteroatoms. The third-order valence-electron chi connectivity index (χ3n) is 2.09. The Hall–Kier alpha value is -0.680. The normalized spacial score (nSPS) is 9.94. The molecule has 0 saturated heterocycles. The monoisotopic (exact) mass is 347 g/mol. The molecule has 0 aliphatic rings. The van der Waals surface area contributed by atoms with E-state index < -0.39 is 0 Å². The third-order valence-corrected chi connectivity index (χ3v) is 3.24. The second-order valence-electron chi connectivity index (χ2n) is 3.28. The number of anilines is 1. The second-order valence-corrected chi connectivity index (χ2v) is 4.75. The fourth-order valence-corrected chi connectivity index (χ4v) is 1.61. The highest BCUT2D eigenvalue weighted by molar-refractivity contribution is 9.10. The van der Waals surface area contributed by atoms with Crippen molar-refractivity contribution in [2.24, 2.45) is 0 Å². The molecule has 0 aliphatic heterocycles. The number of Topliss-reactive ketones (excluding diaryl/α,β-unsaturated/α-hetero) is 1. The van der Waals surface area contributed by atoms with Crippen molar-refractivity contribution in [1.82, 2.24) is 0 Å². The molecule has 0 fully saturated rings. The van der Waals surface area contributed by atoms with Crippen LogP contribution in [0.1, 0.15) is 6.42 Å². The maximum Gasteiger partial charge on any atom is 0.234 e. The zero-order chi connectivity index (χ0) is 12.1. The standard InChI is InChI=1S/C11H11Br2NO2/c1-14(11(16)6-10(15)7-12)9-4-2-8(13)3-5-9/h2-5H,6-7H2,1H3. The van der Waals surface area contributed by atoms with Gasteiger partial charge in [0.25, 0.3) is 0 Å². The number of carbonyl (C=O) groups is 2. The van der Waals surface area contributed by atoms with Gasteiger partial charge < -0.3 is 4.90 Å². The number of halogens is 2. The first-order chi connectivity index (χ1) is 7.54. The fourth-order valence-electron chi connectivity index (χ4n) is 1.14. The van der Waals surface area contributed by atoms with Crippen LogP contribution in [0.4, 0.5) is 5.69 Å². The quantitative estimate of drug-likeness (QED) is 0.619. The summed E-state index contributed by atoms with van der Waals surface area (Å²) in [4.78, 5) is 24.3. The number of benzene rings is 1. The molecule has 0 N–H and O–H groups in total. The molecule has 0 heterocycles. The molecule has 0 spiro atoms. The van der Waals surface area contributed by atoms with E-state index >= 15 is 0 Å². The Bertz CT molecular complexity index is 389. The van der Waals surface area contributed by atoms with Crippen LogP contribution in [0.3, 0.4) is 0 Å². The summed E-state index contributed by atoms with van der Waals surface area (Å²) < 4.78 is 0.952. The van der Waals surface area contributed by atoms with Gasteiger partial charge in [0.15, 0.2) is 5.78 Å². The second kappa shape index (κ2) is 6.15. The van der Waals surface area contributed by atoms with Crippen LogP contribution in [0.2, 0.25) is 0 Å². The van der Waals surface area contributed by atoms with E-state index in [0.29, 0.717) is 0 Å². The molecule has 0 bridgehead atoms. The molecule has 0 aliphatic carbocycles. The van der Waals surface area contributed by atoms with Crippen LogP contribution < -0.4 is 4.90 Å². The highest BCUT2D eigenvalue weighted by Crippen LogP contribution is 2.17. The number of amides is 1. The van der Waals surface area contributed by atoms with Crippen molar-refractivity contribution in [3.8, 4) is 0 Å². The number of carbonyl (C=O) groups excluding carboxylic acids is 2. The summed E-state index contributed by atoms with van der Waals surface area (Å²) in [7, 11) is 1.66. The number of alkyl halides is 1. The summed E-state index contributed by atoms with van der Waals surface area (Å²) >= 11 is 6.35. The first kappa shape index (κ1) is 13.4. The molecule has 1 aromatic rings. The van der Waals surface area contributed by atoms with Crippen molar-refractivity contribution in [2.45, 2.75) is 6.42 Å². The average Bonchev–Trinajstić information content (AvgIpc) is 2.28. The molecule has 0 unspecified atom stereocenters. The van der Waals surface area contributed by atoms with Crippen molar-refractivity contribution in [3.05, 3.63) is 28.7 Å². The van der Waals surface area contributed by atoms with Crippen LogP contribution in [0.15, 0.2) is 28.7 Å². The molecule has 0 radical (unpaired) electrons. The molecule has 16 heavy (non-hydrogen) atoms. The molecule has 0 aromatic heterocycles. The van der Waals surface area contributed by atoms with Gasteiger partial charge in [0.05, 0.1) is 11.8 Å². The fraction of sp³-hybridized carbons (Fsp3) is 0.273. The number of ketones is 1. The topological polar surface area (TPSA) is 37.4 Å². The number of rotatable bonds is 4. The third kappa shape index (κ3) is 3.72. The van der Waals surface area contributed by atoms with E-state index in [2.05, 4.69) is 31.9 Å². The van der Waals surface area contributed by atoms with Gasteiger partial charge in [-0.3, -0.25) is 9.59 Å². The van der Waals surface area contributed by atoms with Gasteiger partial charge in [-0.05, 0) is 24.3 Å². The highest BCUT2D eigenvalue weighted by Gasteiger charge is 2.14. The molecular weight excluding hydrogens is 338 g/mol. The van der Waals surface area contributed by atoms with Gasteiger partial charge in [0.2, 0.25) is 5.91 Å². The van der Waals surface area contributed by atoms with E-state index in [4.69, 9.17) is 0 Å². The molecule has 1 amide bonds. The molecular formula is C11H11Br2NO2. The highest BCUT2D eigenvalue weighted by atomic mass is 79.9. The van der Waals surface area contributed by atoms with Crippen LogP contribution in [-0.2, 0) is 9.59 Å². The van der Waals surface area contributed by atoms with Gasteiger partial charge in [-0.15, -0.1) is 0 Å². The lowest BCUT2D eigenvalue weighted by Crippen LogP contribution is -2.28. The summed E-state index contributed by atoms with van der Waals surface area (Å²) in [6.07, 6.45) is -0.0716.